The van der Waals surface area contributed by atoms with Gasteiger partial charge in [-0.15, -0.1) is 0 Å². The fraction of sp³-hybridized carbons (Fsp3) is 0.500. The molecule has 1 aromatic carbocycles. The van der Waals surface area contributed by atoms with E-state index in [1.165, 1.54) is 32.1 Å². The van der Waals surface area contributed by atoms with Crippen molar-refractivity contribution in [2.75, 3.05) is 11.1 Å². The van der Waals surface area contributed by atoms with Gasteiger partial charge >= 0.3 is 0 Å². The van der Waals surface area contributed by atoms with Crippen LogP contribution < -0.4 is 5.32 Å². The number of nitrogens with one attached hydrogen (secondary N) is 1. The smallest absolute Gasteiger partial charge is 0.161 e. The predicted molar refractivity (Wildman–Crippen MR) is 85.8 cm³/mol. The van der Waals surface area contributed by atoms with Crippen LogP contribution >= 0.6 is 35.0 Å². The summed E-state index contributed by atoms with van der Waals surface area (Å²) in [5.74, 6) is 1.11. The first kappa shape index (κ1) is 13.6. The van der Waals surface area contributed by atoms with Gasteiger partial charge in [-0.1, -0.05) is 54.2 Å². The molecule has 1 aliphatic carbocycles. The maximum atomic E-state index is 6.02. The minimum absolute atomic E-state index is 0.196. The number of thioether (sulfide) groups is 1. The first-order valence-corrected chi connectivity index (χ1v) is 8.36. The van der Waals surface area contributed by atoms with Crippen LogP contribution in [0.15, 0.2) is 23.2 Å². The molecule has 1 fully saturated rings. The summed E-state index contributed by atoms with van der Waals surface area (Å²) in [6.45, 7) is 0. The highest BCUT2D eigenvalue weighted by atomic mass is 35.5. The van der Waals surface area contributed by atoms with E-state index in [9.17, 15) is 0 Å². The van der Waals surface area contributed by atoms with Crippen LogP contribution in [0.5, 0.6) is 0 Å². The first-order valence-electron chi connectivity index (χ1n) is 6.62. The van der Waals surface area contributed by atoms with Crippen LogP contribution in [0.2, 0.25) is 10.0 Å². The number of rotatable bonds is 1. The molecule has 0 atom stereocenters. The zero-order valence-electron chi connectivity index (χ0n) is 10.6. The van der Waals surface area contributed by atoms with Crippen LogP contribution in [0.4, 0.5) is 5.69 Å². The molecule has 1 heterocycles. The summed E-state index contributed by atoms with van der Waals surface area (Å²) in [6, 6.07) is 5.59. The second-order valence-electron chi connectivity index (χ2n) is 5.24. The number of aliphatic imine (C=N–C) groups is 1. The highest BCUT2D eigenvalue weighted by Crippen LogP contribution is 2.40. The number of hydrogen-bond acceptors (Lipinski definition) is 3. The van der Waals surface area contributed by atoms with Crippen LogP contribution in [0.1, 0.15) is 32.1 Å². The summed E-state index contributed by atoms with van der Waals surface area (Å²) >= 11 is 13.8. The van der Waals surface area contributed by atoms with E-state index < -0.39 is 0 Å². The highest BCUT2D eigenvalue weighted by molar-refractivity contribution is 8.14. The van der Waals surface area contributed by atoms with Gasteiger partial charge in [0.25, 0.3) is 0 Å². The van der Waals surface area contributed by atoms with Crippen LogP contribution in [-0.2, 0) is 0 Å². The normalized spacial score (nSPS) is 21.5. The zero-order valence-corrected chi connectivity index (χ0v) is 12.9. The Hall–Kier alpha value is -0.380. The molecule has 0 radical (unpaired) electrons. The van der Waals surface area contributed by atoms with Crippen molar-refractivity contribution < 1.29 is 0 Å². The van der Waals surface area contributed by atoms with Gasteiger partial charge in [0.2, 0.25) is 0 Å². The summed E-state index contributed by atoms with van der Waals surface area (Å²) in [6.07, 6.45) is 6.44. The van der Waals surface area contributed by atoms with Gasteiger partial charge < -0.3 is 5.32 Å². The fourth-order valence-corrected chi connectivity index (χ4v) is 4.22. The number of halogens is 2. The molecule has 0 bridgehead atoms. The number of hydrogen-bond donors (Lipinski definition) is 1. The van der Waals surface area contributed by atoms with Gasteiger partial charge in [0.15, 0.2) is 5.17 Å². The molecule has 1 spiro atoms. The SMILES string of the molecule is Clc1ccc(NC2=NC3(CCCCC3)CS2)cc1Cl. The molecule has 1 aliphatic heterocycles. The topological polar surface area (TPSA) is 24.4 Å². The molecule has 2 nitrogen and oxygen atoms in total. The van der Waals surface area contributed by atoms with Crippen molar-refractivity contribution >= 4 is 45.8 Å². The van der Waals surface area contributed by atoms with Crippen molar-refractivity contribution in [3.05, 3.63) is 28.2 Å². The number of anilines is 1. The van der Waals surface area contributed by atoms with Crippen molar-refractivity contribution in [3.63, 3.8) is 0 Å². The summed E-state index contributed by atoms with van der Waals surface area (Å²) in [5.41, 5.74) is 1.15. The highest BCUT2D eigenvalue weighted by Gasteiger charge is 2.36. The van der Waals surface area contributed by atoms with Gasteiger partial charge in [0, 0.05) is 11.4 Å². The Morgan fingerprint density at radius 2 is 1.89 bits per heavy atom. The molecular formula is C14H16Cl2N2S. The van der Waals surface area contributed by atoms with E-state index >= 15 is 0 Å². The molecule has 102 valence electrons. The lowest BCUT2D eigenvalue weighted by Gasteiger charge is -2.29. The molecule has 0 amide bonds. The van der Waals surface area contributed by atoms with Crippen molar-refractivity contribution in [2.24, 2.45) is 4.99 Å². The third-order valence-corrected chi connectivity index (χ3v) is 5.66. The van der Waals surface area contributed by atoms with E-state index in [0.29, 0.717) is 10.0 Å². The summed E-state index contributed by atoms with van der Waals surface area (Å²) in [7, 11) is 0. The monoisotopic (exact) mass is 314 g/mol. The lowest BCUT2D eigenvalue weighted by molar-refractivity contribution is 0.335. The second-order valence-corrected chi connectivity index (χ2v) is 7.02. The quantitative estimate of drug-likeness (QED) is 0.769. The van der Waals surface area contributed by atoms with E-state index in [4.69, 9.17) is 28.2 Å². The molecule has 0 aromatic heterocycles. The van der Waals surface area contributed by atoms with Gasteiger partial charge in [-0.05, 0) is 31.0 Å². The fourth-order valence-electron chi connectivity index (χ4n) is 2.71. The van der Waals surface area contributed by atoms with Gasteiger partial charge in [-0.2, -0.15) is 0 Å². The third kappa shape index (κ3) is 3.04. The minimum atomic E-state index is 0.196. The molecule has 2 aliphatic rings. The molecule has 1 saturated carbocycles. The van der Waals surface area contributed by atoms with E-state index in [2.05, 4.69) is 5.32 Å². The molecule has 5 heteroatoms. The van der Waals surface area contributed by atoms with E-state index in [1.54, 1.807) is 0 Å². The standard InChI is InChI=1S/C14H16Cl2N2S/c15-11-5-4-10(8-12(11)16)17-13-18-14(9-19-13)6-2-1-3-7-14/h4-5,8H,1-3,6-7,9H2,(H,17,18). The maximum Gasteiger partial charge on any atom is 0.161 e. The molecule has 0 saturated heterocycles. The van der Waals surface area contributed by atoms with Gasteiger partial charge in [-0.25, -0.2) is 0 Å². The van der Waals surface area contributed by atoms with Gasteiger partial charge in [-0.3, -0.25) is 4.99 Å². The number of amidine groups is 1. The van der Waals surface area contributed by atoms with E-state index in [-0.39, 0.29) is 5.54 Å². The molecule has 19 heavy (non-hydrogen) atoms. The Balaban J connectivity index is 1.73. The molecule has 3 rings (SSSR count). The van der Waals surface area contributed by atoms with Crippen molar-refractivity contribution in [2.45, 2.75) is 37.6 Å². The second kappa shape index (κ2) is 5.55. The Morgan fingerprint density at radius 1 is 1.11 bits per heavy atom. The number of nitrogens with zero attached hydrogens (tertiary/aromatic N) is 1. The molecule has 1 N–H and O–H groups in total. The van der Waals surface area contributed by atoms with Crippen LogP contribution in [0.3, 0.4) is 0 Å². The average Bonchev–Trinajstić information content (AvgIpc) is 2.78. The lowest BCUT2D eigenvalue weighted by atomic mass is 9.84. The minimum Gasteiger partial charge on any atom is -0.335 e. The summed E-state index contributed by atoms with van der Waals surface area (Å²) < 4.78 is 0. The van der Waals surface area contributed by atoms with Gasteiger partial charge in [0.05, 0.1) is 15.6 Å². The zero-order chi connectivity index (χ0) is 13.3. The van der Waals surface area contributed by atoms with E-state index in [0.717, 1.165) is 16.6 Å². The Labute approximate surface area is 128 Å². The largest absolute Gasteiger partial charge is 0.335 e. The third-order valence-electron chi connectivity index (χ3n) is 3.77. The van der Waals surface area contributed by atoms with Crippen molar-refractivity contribution in [3.8, 4) is 0 Å². The Morgan fingerprint density at radius 3 is 2.63 bits per heavy atom. The molecular weight excluding hydrogens is 299 g/mol. The summed E-state index contributed by atoms with van der Waals surface area (Å²) in [5, 5.41) is 5.52. The van der Waals surface area contributed by atoms with Crippen LogP contribution in [0.25, 0.3) is 0 Å². The van der Waals surface area contributed by atoms with Crippen LogP contribution in [0, 0.1) is 0 Å². The Bertz CT molecular complexity index is 510. The molecule has 0 unspecified atom stereocenters. The first-order chi connectivity index (χ1) is 9.17. The number of benzene rings is 1. The Kier molecular flexibility index (Phi) is 3.97. The van der Waals surface area contributed by atoms with Gasteiger partial charge in [0.1, 0.15) is 0 Å². The average molecular weight is 315 g/mol. The predicted octanol–water partition coefficient (Wildman–Crippen LogP) is 5.21. The lowest BCUT2D eigenvalue weighted by Crippen LogP contribution is -2.29. The van der Waals surface area contributed by atoms with Crippen LogP contribution in [-0.4, -0.2) is 16.5 Å². The van der Waals surface area contributed by atoms with Crippen molar-refractivity contribution in [1.82, 2.24) is 0 Å². The molecule has 1 aromatic rings. The summed E-state index contributed by atoms with van der Waals surface area (Å²) in [4.78, 5) is 4.92. The maximum absolute atomic E-state index is 6.02. The van der Waals surface area contributed by atoms with Crippen molar-refractivity contribution in [1.29, 1.82) is 0 Å². The van der Waals surface area contributed by atoms with E-state index in [1.807, 2.05) is 30.0 Å².